The van der Waals surface area contributed by atoms with E-state index in [9.17, 15) is 5.11 Å². The van der Waals surface area contributed by atoms with Crippen LogP contribution in [0.4, 0.5) is 0 Å². The highest BCUT2D eigenvalue weighted by Gasteiger charge is 2.18. The number of nitrogens with zero attached hydrogens (tertiary/aromatic N) is 1. The monoisotopic (exact) mass is 189 g/mol. The molecule has 0 heterocycles. The fourth-order valence-corrected chi connectivity index (χ4v) is 1.47. The zero-order valence-corrected chi connectivity index (χ0v) is 8.57. The molecule has 2 nitrogen and oxygen atoms in total. The first-order valence-electron chi connectivity index (χ1n) is 4.83. The lowest BCUT2D eigenvalue weighted by atomic mass is 9.94. The van der Waals surface area contributed by atoms with E-state index in [2.05, 4.69) is 6.07 Å². The molecule has 0 saturated carbocycles. The van der Waals surface area contributed by atoms with Gasteiger partial charge in [-0.3, -0.25) is 0 Å². The van der Waals surface area contributed by atoms with Gasteiger partial charge in [0.1, 0.15) is 0 Å². The lowest BCUT2D eigenvalue weighted by Crippen LogP contribution is -2.09. The lowest BCUT2D eigenvalue weighted by Gasteiger charge is -2.15. The fraction of sp³-hybridized carbons (Fsp3) is 0.417. The Labute approximate surface area is 84.8 Å². The Balaban J connectivity index is 2.89. The summed E-state index contributed by atoms with van der Waals surface area (Å²) in [5.41, 5.74) is 1.94. The number of rotatable bonds is 3. The van der Waals surface area contributed by atoms with E-state index in [1.54, 1.807) is 0 Å². The third kappa shape index (κ3) is 2.34. The summed E-state index contributed by atoms with van der Waals surface area (Å²) < 4.78 is 0. The molecular formula is C12H15NO. The molecule has 1 aromatic carbocycles. The van der Waals surface area contributed by atoms with Crippen molar-refractivity contribution in [2.45, 2.75) is 26.4 Å². The van der Waals surface area contributed by atoms with E-state index in [1.165, 1.54) is 0 Å². The normalized spacial score (nSPS) is 14.4. The fourth-order valence-electron chi connectivity index (χ4n) is 1.47. The van der Waals surface area contributed by atoms with Crippen molar-refractivity contribution in [2.75, 3.05) is 0 Å². The standard InChI is InChI=1S/C12H15NO/c1-3-10(8-13)12(14)11-6-4-5-9(2)7-11/h4-7,10,12,14H,3H2,1-2H3/t10-,12+/m0/s1. The summed E-state index contributed by atoms with van der Waals surface area (Å²) in [7, 11) is 0. The molecule has 0 amide bonds. The average molecular weight is 189 g/mol. The van der Waals surface area contributed by atoms with Crippen LogP contribution in [0.1, 0.15) is 30.6 Å². The van der Waals surface area contributed by atoms with Gasteiger partial charge in [-0.15, -0.1) is 0 Å². The van der Waals surface area contributed by atoms with Gasteiger partial charge >= 0.3 is 0 Å². The molecule has 2 atom stereocenters. The zero-order chi connectivity index (χ0) is 10.6. The van der Waals surface area contributed by atoms with Crippen molar-refractivity contribution < 1.29 is 5.11 Å². The van der Waals surface area contributed by atoms with Crippen LogP contribution in [-0.4, -0.2) is 5.11 Å². The van der Waals surface area contributed by atoms with E-state index in [0.29, 0.717) is 6.42 Å². The molecule has 2 heteroatoms. The third-order valence-electron chi connectivity index (χ3n) is 2.37. The molecular weight excluding hydrogens is 174 g/mol. The number of aliphatic hydroxyl groups excluding tert-OH is 1. The van der Waals surface area contributed by atoms with Crippen LogP contribution in [0, 0.1) is 24.2 Å². The summed E-state index contributed by atoms with van der Waals surface area (Å²) in [6, 6.07) is 9.78. The summed E-state index contributed by atoms with van der Waals surface area (Å²) >= 11 is 0. The first kappa shape index (κ1) is 10.7. The van der Waals surface area contributed by atoms with Gasteiger partial charge in [-0.05, 0) is 18.9 Å². The molecule has 0 aliphatic heterocycles. The van der Waals surface area contributed by atoms with Crippen molar-refractivity contribution in [1.82, 2.24) is 0 Å². The molecule has 0 bridgehead atoms. The van der Waals surface area contributed by atoms with E-state index >= 15 is 0 Å². The molecule has 0 saturated heterocycles. The highest BCUT2D eigenvalue weighted by molar-refractivity contribution is 5.25. The maximum absolute atomic E-state index is 9.88. The highest BCUT2D eigenvalue weighted by Crippen LogP contribution is 2.24. The Hall–Kier alpha value is -1.33. The maximum atomic E-state index is 9.88. The summed E-state index contributed by atoms with van der Waals surface area (Å²) in [5.74, 6) is -0.309. The second kappa shape index (κ2) is 4.78. The van der Waals surface area contributed by atoms with E-state index in [1.807, 2.05) is 38.1 Å². The van der Waals surface area contributed by atoms with Crippen LogP contribution >= 0.6 is 0 Å². The number of hydrogen-bond donors (Lipinski definition) is 1. The SMILES string of the molecule is CC[C@@H](C#N)[C@@H](O)c1cccc(C)c1. The van der Waals surface area contributed by atoms with Crippen LogP contribution in [0.3, 0.4) is 0 Å². The summed E-state index contributed by atoms with van der Waals surface area (Å²) in [6.07, 6.45) is 0.0101. The summed E-state index contributed by atoms with van der Waals surface area (Å²) in [5, 5.41) is 18.7. The molecule has 0 spiro atoms. The minimum absolute atomic E-state index is 0.309. The smallest absolute Gasteiger partial charge is 0.0948 e. The molecule has 1 N–H and O–H groups in total. The molecule has 14 heavy (non-hydrogen) atoms. The number of aryl methyl sites for hydroxylation is 1. The Kier molecular flexibility index (Phi) is 3.67. The van der Waals surface area contributed by atoms with Crippen LogP contribution in [0.15, 0.2) is 24.3 Å². The average Bonchev–Trinajstić information content (AvgIpc) is 2.19. The van der Waals surface area contributed by atoms with Crippen molar-refractivity contribution in [3.63, 3.8) is 0 Å². The zero-order valence-electron chi connectivity index (χ0n) is 8.57. The van der Waals surface area contributed by atoms with Crippen LogP contribution in [-0.2, 0) is 0 Å². The van der Waals surface area contributed by atoms with Gasteiger partial charge in [-0.25, -0.2) is 0 Å². The van der Waals surface area contributed by atoms with E-state index in [-0.39, 0.29) is 5.92 Å². The maximum Gasteiger partial charge on any atom is 0.0948 e. The van der Waals surface area contributed by atoms with Crippen molar-refractivity contribution in [2.24, 2.45) is 5.92 Å². The largest absolute Gasteiger partial charge is 0.387 e. The second-order valence-corrected chi connectivity index (χ2v) is 3.50. The van der Waals surface area contributed by atoms with Gasteiger partial charge in [-0.1, -0.05) is 36.8 Å². The predicted octanol–water partition coefficient (Wildman–Crippen LogP) is 2.58. The van der Waals surface area contributed by atoms with Crippen molar-refractivity contribution in [3.05, 3.63) is 35.4 Å². The number of hydrogen-bond acceptors (Lipinski definition) is 2. The number of aliphatic hydroxyl groups is 1. The Bertz CT molecular complexity index is 340. The van der Waals surface area contributed by atoms with Crippen LogP contribution in [0.25, 0.3) is 0 Å². The minimum Gasteiger partial charge on any atom is -0.387 e. The number of nitriles is 1. The van der Waals surface area contributed by atoms with Gasteiger partial charge in [-0.2, -0.15) is 5.26 Å². The quantitative estimate of drug-likeness (QED) is 0.794. The van der Waals surface area contributed by atoms with Crippen LogP contribution < -0.4 is 0 Å². The second-order valence-electron chi connectivity index (χ2n) is 3.50. The van der Waals surface area contributed by atoms with E-state index < -0.39 is 6.10 Å². The molecule has 1 aromatic rings. The van der Waals surface area contributed by atoms with Crippen molar-refractivity contribution in [1.29, 1.82) is 5.26 Å². The first-order chi connectivity index (χ1) is 6.69. The van der Waals surface area contributed by atoms with Crippen LogP contribution in [0.5, 0.6) is 0 Å². The van der Waals surface area contributed by atoms with Gasteiger partial charge in [0, 0.05) is 0 Å². The van der Waals surface area contributed by atoms with Gasteiger partial charge in [0.05, 0.1) is 18.1 Å². The molecule has 0 aliphatic carbocycles. The van der Waals surface area contributed by atoms with Gasteiger partial charge in [0.15, 0.2) is 0 Å². The molecule has 1 rings (SSSR count). The van der Waals surface area contributed by atoms with Crippen LogP contribution in [0.2, 0.25) is 0 Å². The van der Waals surface area contributed by atoms with E-state index in [0.717, 1.165) is 11.1 Å². The Morgan fingerprint density at radius 2 is 2.21 bits per heavy atom. The van der Waals surface area contributed by atoms with Crippen molar-refractivity contribution >= 4 is 0 Å². The van der Waals surface area contributed by atoms with Gasteiger partial charge in [0.2, 0.25) is 0 Å². The van der Waals surface area contributed by atoms with Gasteiger partial charge in [0.25, 0.3) is 0 Å². The Morgan fingerprint density at radius 1 is 1.50 bits per heavy atom. The highest BCUT2D eigenvalue weighted by atomic mass is 16.3. The predicted molar refractivity (Wildman–Crippen MR) is 55.5 cm³/mol. The summed E-state index contributed by atoms with van der Waals surface area (Å²) in [6.45, 7) is 3.89. The van der Waals surface area contributed by atoms with Crippen molar-refractivity contribution in [3.8, 4) is 6.07 Å². The molecule has 0 aromatic heterocycles. The first-order valence-corrected chi connectivity index (χ1v) is 4.83. The molecule has 0 unspecified atom stereocenters. The summed E-state index contributed by atoms with van der Waals surface area (Å²) in [4.78, 5) is 0. The Morgan fingerprint density at radius 3 is 2.71 bits per heavy atom. The van der Waals surface area contributed by atoms with E-state index in [4.69, 9.17) is 5.26 Å². The molecule has 0 radical (unpaired) electrons. The topological polar surface area (TPSA) is 44.0 Å². The molecule has 74 valence electrons. The number of benzene rings is 1. The lowest BCUT2D eigenvalue weighted by molar-refractivity contribution is 0.132. The minimum atomic E-state index is -0.662. The van der Waals surface area contributed by atoms with Gasteiger partial charge < -0.3 is 5.11 Å². The molecule has 0 fully saturated rings. The third-order valence-corrected chi connectivity index (χ3v) is 2.37. The molecule has 0 aliphatic rings.